The van der Waals surface area contributed by atoms with Gasteiger partial charge in [0.2, 0.25) is 0 Å². The molecular formula is C21H35N7O2S2. The number of hydrazone groups is 2. The van der Waals surface area contributed by atoms with Crippen molar-refractivity contribution in [3.63, 3.8) is 0 Å². The maximum absolute atomic E-state index is 6.15. The normalized spacial score (nSPS) is 18.4. The van der Waals surface area contributed by atoms with Crippen molar-refractivity contribution in [1.82, 2.24) is 26.4 Å². The molecule has 0 saturated carbocycles. The number of hydrogen-bond donors (Lipinski definition) is 4. The first-order valence-electron chi connectivity index (χ1n) is 10.7. The van der Waals surface area contributed by atoms with Crippen molar-refractivity contribution >= 4 is 46.6 Å². The van der Waals surface area contributed by atoms with E-state index in [9.17, 15) is 0 Å². The monoisotopic (exact) mass is 481 g/mol. The first kappa shape index (κ1) is 26.2. The van der Waals surface area contributed by atoms with Crippen LogP contribution in [0.25, 0.3) is 0 Å². The van der Waals surface area contributed by atoms with E-state index in [1.807, 2.05) is 26.0 Å². The quantitative estimate of drug-likeness (QED) is 0.253. The number of rotatable bonds is 8. The van der Waals surface area contributed by atoms with Crippen LogP contribution in [0.1, 0.15) is 53.1 Å². The maximum atomic E-state index is 6.15. The smallest absolute Gasteiger partial charge is 0.186 e. The predicted molar refractivity (Wildman–Crippen MR) is 137 cm³/mol. The van der Waals surface area contributed by atoms with Crippen LogP contribution in [0.15, 0.2) is 26.8 Å². The van der Waals surface area contributed by atoms with Gasteiger partial charge in [-0.05, 0) is 78.1 Å². The van der Waals surface area contributed by atoms with Crippen molar-refractivity contribution in [3.8, 4) is 0 Å². The topological polar surface area (TPSA) is 98.5 Å². The van der Waals surface area contributed by atoms with Gasteiger partial charge in [-0.2, -0.15) is 10.2 Å². The molecule has 2 heterocycles. The Hall–Kier alpha value is -2.08. The minimum Gasteiger partial charge on any atom is -0.458 e. The van der Waals surface area contributed by atoms with Gasteiger partial charge in [0.05, 0.1) is 26.0 Å². The SMILES string of the molecule is CCNC(=S)N/N=C/C(=N\NC(=S)NCC)c1ccc(CN2C(C)(C)COCC2(C)C)o1. The minimum absolute atomic E-state index is 0.113. The molecule has 0 aromatic carbocycles. The first-order valence-corrected chi connectivity index (χ1v) is 11.5. The van der Waals surface area contributed by atoms with Gasteiger partial charge in [-0.3, -0.25) is 15.8 Å². The third kappa shape index (κ3) is 7.51. The Bertz CT molecular complexity index is 833. The van der Waals surface area contributed by atoms with E-state index in [1.54, 1.807) is 0 Å². The van der Waals surface area contributed by atoms with Crippen molar-refractivity contribution in [2.45, 2.75) is 59.2 Å². The second-order valence-corrected chi connectivity index (χ2v) is 9.48. The molecule has 4 N–H and O–H groups in total. The van der Waals surface area contributed by atoms with E-state index in [0.29, 0.717) is 54.5 Å². The lowest BCUT2D eigenvalue weighted by molar-refractivity contribution is -0.133. The van der Waals surface area contributed by atoms with Crippen molar-refractivity contribution in [2.75, 3.05) is 26.3 Å². The molecule has 178 valence electrons. The minimum atomic E-state index is -0.113. The summed E-state index contributed by atoms with van der Waals surface area (Å²) in [7, 11) is 0. The summed E-state index contributed by atoms with van der Waals surface area (Å²) in [4.78, 5) is 2.41. The summed E-state index contributed by atoms with van der Waals surface area (Å²) in [6.07, 6.45) is 1.54. The zero-order chi connectivity index (χ0) is 23.8. The lowest BCUT2D eigenvalue weighted by Gasteiger charge is -2.52. The lowest BCUT2D eigenvalue weighted by Crippen LogP contribution is -2.62. The first-order chi connectivity index (χ1) is 15.1. The molecule has 0 aliphatic carbocycles. The summed E-state index contributed by atoms with van der Waals surface area (Å²) in [6.45, 7) is 16.0. The van der Waals surface area contributed by atoms with Crippen LogP contribution < -0.4 is 21.5 Å². The van der Waals surface area contributed by atoms with E-state index >= 15 is 0 Å². The molecule has 1 aliphatic rings. The molecule has 1 aromatic heterocycles. The summed E-state index contributed by atoms with van der Waals surface area (Å²) in [5.41, 5.74) is 5.83. The van der Waals surface area contributed by atoms with Crippen LogP contribution in [-0.4, -0.2) is 64.4 Å². The number of thiocarbonyl (C=S) groups is 2. The molecule has 0 atom stereocenters. The van der Waals surface area contributed by atoms with Crippen molar-refractivity contribution < 1.29 is 9.15 Å². The lowest BCUT2D eigenvalue weighted by atomic mass is 9.91. The summed E-state index contributed by atoms with van der Waals surface area (Å²) >= 11 is 10.3. The largest absolute Gasteiger partial charge is 0.458 e. The number of furan rings is 1. The van der Waals surface area contributed by atoms with Crippen LogP contribution >= 0.6 is 24.4 Å². The summed E-state index contributed by atoms with van der Waals surface area (Å²) in [5.74, 6) is 1.39. The van der Waals surface area contributed by atoms with Gasteiger partial charge in [0, 0.05) is 24.2 Å². The third-order valence-electron chi connectivity index (χ3n) is 4.91. The molecular weight excluding hydrogens is 446 g/mol. The highest BCUT2D eigenvalue weighted by Crippen LogP contribution is 2.32. The van der Waals surface area contributed by atoms with E-state index in [4.69, 9.17) is 33.6 Å². The molecule has 0 radical (unpaired) electrons. The molecule has 11 heteroatoms. The highest BCUT2D eigenvalue weighted by Gasteiger charge is 2.42. The molecule has 0 unspecified atom stereocenters. The average Bonchev–Trinajstić information content (AvgIpc) is 3.16. The van der Waals surface area contributed by atoms with Crippen molar-refractivity contribution in [2.24, 2.45) is 10.2 Å². The molecule has 9 nitrogen and oxygen atoms in total. The molecule has 1 aliphatic heterocycles. The highest BCUT2D eigenvalue weighted by molar-refractivity contribution is 7.80. The van der Waals surface area contributed by atoms with Gasteiger partial charge in [0.1, 0.15) is 11.5 Å². The number of nitrogens with one attached hydrogen (secondary N) is 4. The van der Waals surface area contributed by atoms with Crippen LogP contribution in [0.4, 0.5) is 0 Å². The number of nitrogens with zero attached hydrogens (tertiary/aromatic N) is 3. The van der Waals surface area contributed by atoms with Gasteiger partial charge in [0.15, 0.2) is 16.0 Å². The van der Waals surface area contributed by atoms with E-state index < -0.39 is 0 Å². The summed E-state index contributed by atoms with van der Waals surface area (Å²) in [6, 6.07) is 3.83. The zero-order valence-electron chi connectivity index (χ0n) is 19.7. The molecule has 1 saturated heterocycles. The van der Waals surface area contributed by atoms with Gasteiger partial charge >= 0.3 is 0 Å². The Balaban J connectivity index is 2.21. The molecule has 1 aromatic rings. The molecule has 0 spiro atoms. The summed E-state index contributed by atoms with van der Waals surface area (Å²) < 4.78 is 12.0. The van der Waals surface area contributed by atoms with Crippen molar-refractivity contribution in [1.29, 1.82) is 0 Å². The fraction of sp³-hybridized carbons (Fsp3) is 0.619. The predicted octanol–water partition coefficient (Wildman–Crippen LogP) is 2.33. The van der Waals surface area contributed by atoms with Gasteiger partial charge in [-0.25, -0.2) is 0 Å². The van der Waals surface area contributed by atoms with Crippen LogP contribution in [0, 0.1) is 0 Å². The van der Waals surface area contributed by atoms with E-state index in [2.05, 4.69) is 64.3 Å². The van der Waals surface area contributed by atoms with E-state index in [-0.39, 0.29) is 11.1 Å². The Morgan fingerprint density at radius 1 is 1.03 bits per heavy atom. The van der Waals surface area contributed by atoms with Gasteiger partial charge in [-0.1, -0.05) is 0 Å². The van der Waals surface area contributed by atoms with Crippen molar-refractivity contribution in [3.05, 3.63) is 23.7 Å². The van der Waals surface area contributed by atoms with Gasteiger partial charge < -0.3 is 19.8 Å². The Morgan fingerprint density at radius 2 is 1.62 bits per heavy atom. The van der Waals surface area contributed by atoms with E-state index in [1.165, 1.54) is 6.21 Å². The number of ether oxygens (including phenoxy) is 1. The Labute approximate surface area is 201 Å². The van der Waals surface area contributed by atoms with Crippen LogP contribution in [0.5, 0.6) is 0 Å². The highest BCUT2D eigenvalue weighted by atomic mass is 32.1. The van der Waals surface area contributed by atoms with Gasteiger partial charge in [0.25, 0.3) is 0 Å². The zero-order valence-corrected chi connectivity index (χ0v) is 21.4. The molecule has 0 bridgehead atoms. The van der Waals surface area contributed by atoms with Crippen LogP contribution in [-0.2, 0) is 11.3 Å². The fourth-order valence-electron chi connectivity index (χ4n) is 3.52. The number of hydrogen-bond acceptors (Lipinski definition) is 7. The maximum Gasteiger partial charge on any atom is 0.186 e. The fourth-order valence-corrected chi connectivity index (χ4v) is 3.91. The third-order valence-corrected chi connectivity index (χ3v) is 5.38. The Kier molecular flexibility index (Phi) is 9.56. The second kappa shape index (κ2) is 11.7. The molecule has 0 amide bonds. The van der Waals surface area contributed by atoms with Crippen LogP contribution in [0.3, 0.4) is 0 Å². The summed E-state index contributed by atoms with van der Waals surface area (Å²) in [5, 5.41) is 15.3. The number of morpholine rings is 1. The molecule has 2 rings (SSSR count). The van der Waals surface area contributed by atoms with Gasteiger partial charge in [-0.15, -0.1) is 0 Å². The average molecular weight is 482 g/mol. The molecule has 1 fully saturated rings. The van der Waals surface area contributed by atoms with E-state index in [0.717, 1.165) is 5.76 Å². The Morgan fingerprint density at radius 3 is 2.22 bits per heavy atom. The molecule has 32 heavy (non-hydrogen) atoms. The second-order valence-electron chi connectivity index (χ2n) is 8.67. The standard InChI is InChI=1S/C21H35N7O2S2/c1-7-22-18(31)26-24-11-16(25-27-19(32)23-8-2)17-10-9-15(30-17)12-28-20(3,4)13-29-14-21(28,5)6/h9-11H,7-8,12-14H2,1-6H3,(H2,22,26,31)(H2,23,27,32)/b24-11+,25-16+. The van der Waals surface area contributed by atoms with Crippen LogP contribution in [0.2, 0.25) is 0 Å².